The number of carbonyl (C=O) groups excluding carboxylic acids is 1. The minimum atomic E-state index is -0.146. The first-order valence-corrected chi connectivity index (χ1v) is 10.1. The van der Waals surface area contributed by atoms with E-state index in [1.54, 1.807) is 15.6 Å². The highest BCUT2D eigenvalue weighted by Crippen LogP contribution is 2.29. The Morgan fingerprint density at radius 3 is 2.68 bits per heavy atom. The number of hydrogen-bond donors (Lipinski definition) is 0. The second-order valence-electron chi connectivity index (χ2n) is 6.63. The molecule has 144 valence electrons. The highest BCUT2D eigenvalue weighted by molar-refractivity contribution is 7.22. The average molecular weight is 395 g/mol. The Morgan fingerprint density at radius 1 is 1.18 bits per heavy atom. The Balaban J connectivity index is 1.67. The third kappa shape index (κ3) is 3.55. The third-order valence-corrected chi connectivity index (χ3v) is 5.64. The van der Waals surface area contributed by atoms with Gasteiger partial charge in [0.1, 0.15) is 0 Å². The minimum absolute atomic E-state index is 0.146. The van der Waals surface area contributed by atoms with Crippen LogP contribution >= 0.6 is 11.3 Å². The van der Waals surface area contributed by atoms with Gasteiger partial charge in [0.05, 0.1) is 22.5 Å². The largest absolute Gasteiger partial charge is 0.281 e. The minimum Gasteiger partial charge on any atom is -0.281 e. The first-order chi connectivity index (χ1) is 13.5. The van der Waals surface area contributed by atoms with Crippen LogP contribution in [0.2, 0.25) is 0 Å². The van der Waals surface area contributed by atoms with Crippen molar-refractivity contribution in [2.75, 3.05) is 11.4 Å². The Labute approximate surface area is 167 Å². The van der Waals surface area contributed by atoms with E-state index in [1.807, 2.05) is 62.0 Å². The van der Waals surface area contributed by atoms with E-state index in [9.17, 15) is 4.79 Å². The van der Waals surface area contributed by atoms with Gasteiger partial charge >= 0.3 is 0 Å². The molecule has 0 aliphatic carbocycles. The number of rotatable bonds is 6. The molecule has 7 nitrogen and oxygen atoms in total. The molecule has 0 atom stereocenters. The van der Waals surface area contributed by atoms with E-state index >= 15 is 0 Å². The van der Waals surface area contributed by atoms with Crippen molar-refractivity contribution in [3.8, 4) is 0 Å². The maximum absolute atomic E-state index is 13.2. The van der Waals surface area contributed by atoms with Crippen molar-refractivity contribution < 1.29 is 4.79 Å². The summed E-state index contributed by atoms with van der Waals surface area (Å²) in [5.41, 5.74) is 3.36. The zero-order valence-electron chi connectivity index (χ0n) is 16.2. The smallest absolute Gasteiger partial charge is 0.280 e. The number of anilines is 1. The van der Waals surface area contributed by atoms with Crippen molar-refractivity contribution in [2.45, 2.75) is 33.9 Å². The summed E-state index contributed by atoms with van der Waals surface area (Å²) in [5, 5.41) is 9.57. The van der Waals surface area contributed by atoms with Crippen LogP contribution in [-0.2, 0) is 13.1 Å². The molecular formula is C20H22N6OS. The predicted molar refractivity (Wildman–Crippen MR) is 111 cm³/mol. The number of hydrogen-bond acceptors (Lipinski definition) is 5. The fraction of sp³-hybridized carbons (Fsp3) is 0.300. The Hall–Kier alpha value is -3.00. The van der Waals surface area contributed by atoms with Gasteiger partial charge in [-0.15, -0.1) is 0 Å². The molecule has 0 aliphatic rings. The van der Waals surface area contributed by atoms with Crippen LogP contribution in [0.25, 0.3) is 10.2 Å². The second kappa shape index (κ2) is 7.55. The van der Waals surface area contributed by atoms with Gasteiger partial charge in [-0.3, -0.25) is 19.1 Å². The summed E-state index contributed by atoms with van der Waals surface area (Å²) < 4.78 is 4.73. The van der Waals surface area contributed by atoms with Crippen molar-refractivity contribution in [2.24, 2.45) is 0 Å². The summed E-state index contributed by atoms with van der Waals surface area (Å²) in [6, 6.07) is 11.7. The lowest BCUT2D eigenvalue weighted by molar-refractivity contribution is 0.0980. The highest BCUT2D eigenvalue weighted by Gasteiger charge is 2.23. The third-order valence-electron chi connectivity index (χ3n) is 4.58. The lowest BCUT2D eigenvalue weighted by Crippen LogP contribution is -2.34. The molecular weight excluding hydrogens is 372 g/mol. The van der Waals surface area contributed by atoms with Crippen molar-refractivity contribution in [3.63, 3.8) is 0 Å². The normalized spacial score (nSPS) is 11.2. The Kier molecular flexibility index (Phi) is 4.95. The fourth-order valence-corrected chi connectivity index (χ4v) is 4.14. The molecule has 0 spiro atoms. The van der Waals surface area contributed by atoms with E-state index in [-0.39, 0.29) is 5.91 Å². The standard InChI is InChI=1S/C20H22N6OS/c1-4-24-10-9-17(23-24)19(27)25(11-12-26-15(3)13-14(2)22-26)20-21-16-7-5-6-8-18(16)28-20/h5-10,13H,4,11-12H2,1-3H3. The number of aryl methyl sites for hydroxylation is 3. The number of aromatic nitrogens is 5. The molecule has 3 heterocycles. The van der Waals surface area contributed by atoms with E-state index in [0.29, 0.717) is 23.9 Å². The summed E-state index contributed by atoms with van der Waals surface area (Å²) >= 11 is 1.52. The lowest BCUT2D eigenvalue weighted by atomic mass is 10.3. The molecule has 8 heteroatoms. The maximum Gasteiger partial charge on any atom is 0.280 e. The molecule has 4 rings (SSSR count). The first kappa shape index (κ1) is 18.4. The van der Waals surface area contributed by atoms with Gasteiger partial charge < -0.3 is 0 Å². The van der Waals surface area contributed by atoms with Crippen molar-refractivity contribution in [1.82, 2.24) is 24.5 Å². The number of para-hydroxylation sites is 1. The molecule has 1 aromatic carbocycles. The lowest BCUT2D eigenvalue weighted by Gasteiger charge is -2.19. The van der Waals surface area contributed by atoms with Crippen molar-refractivity contribution in [3.05, 3.63) is 59.7 Å². The average Bonchev–Trinajstić information content (AvgIpc) is 3.40. The van der Waals surface area contributed by atoms with Gasteiger partial charge in [0.25, 0.3) is 5.91 Å². The summed E-state index contributed by atoms with van der Waals surface area (Å²) in [7, 11) is 0. The predicted octanol–water partition coefficient (Wildman–Crippen LogP) is 3.67. The van der Waals surface area contributed by atoms with Crippen LogP contribution in [0, 0.1) is 13.8 Å². The highest BCUT2D eigenvalue weighted by atomic mass is 32.1. The molecule has 0 unspecified atom stereocenters. The van der Waals surface area contributed by atoms with E-state index in [4.69, 9.17) is 0 Å². The molecule has 3 aromatic heterocycles. The fourth-order valence-electron chi connectivity index (χ4n) is 3.15. The summed E-state index contributed by atoms with van der Waals surface area (Å²) in [5.74, 6) is -0.146. The molecule has 1 amide bonds. The monoisotopic (exact) mass is 394 g/mol. The zero-order valence-corrected chi connectivity index (χ0v) is 17.0. The molecule has 0 saturated carbocycles. The van der Waals surface area contributed by atoms with Gasteiger partial charge in [-0.05, 0) is 45.0 Å². The van der Waals surface area contributed by atoms with Crippen LogP contribution in [0.5, 0.6) is 0 Å². The van der Waals surface area contributed by atoms with Gasteiger partial charge in [-0.2, -0.15) is 10.2 Å². The molecule has 0 bridgehead atoms. The Bertz CT molecular complexity index is 1090. The maximum atomic E-state index is 13.2. The molecule has 4 aromatic rings. The number of amides is 1. The van der Waals surface area contributed by atoms with Gasteiger partial charge in [0, 0.05) is 25.0 Å². The first-order valence-electron chi connectivity index (χ1n) is 9.27. The number of fused-ring (bicyclic) bond motifs is 1. The van der Waals surface area contributed by atoms with Gasteiger partial charge in [-0.25, -0.2) is 4.98 Å². The van der Waals surface area contributed by atoms with Gasteiger partial charge in [-0.1, -0.05) is 23.5 Å². The van der Waals surface area contributed by atoms with E-state index in [1.165, 1.54) is 11.3 Å². The van der Waals surface area contributed by atoms with Crippen molar-refractivity contribution in [1.29, 1.82) is 0 Å². The van der Waals surface area contributed by atoms with Crippen LogP contribution in [0.4, 0.5) is 5.13 Å². The van der Waals surface area contributed by atoms with Crippen LogP contribution < -0.4 is 4.90 Å². The van der Waals surface area contributed by atoms with Gasteiger partial charge in [0.15, 0.2) is 10.8 Å². The van der Waals surface area contributed by atoms with Crippen molar-refractivity contribution >= 4 is 32.6 Å². The van der Waals surface area contributed by atoms with E-state index in [2.05, 4.69) is 15.2 Å². The summed E-state index contributed by atoms with van der Waals surface area (Å²) in [6.07, 6.45) is 1.82. The number of carbonyl (C=O) groups is 1. The van der Waals surface area contributed by atoms with Crippen LogP contribution in [0.3, 0.4) is 0 Å². The van der Waals surface area contributed by atoms with Crippen LogP contribution in [0.15, 0.2) is 42.6 Å². The summed E-state index contributed by atoms with van der Waals surface area (Å²) in [4.78, 5) is 19.6. The topological polar surface area (TPSA) is 68.8 Å². The molecule has 0 N–H and O–H groups in total. The van der Waals surface area contributed by atoms with Crippen LogP contribution in [-0.4, -0.2) is 37.0 Å². The quantitative estimate of drug-likeness (QED) is 0.500. The number of thiazole rings is 1. The number of nitrogens with zero attached hydrogens (tertiary/aromatic N) is 6. The summed E-state index contributed by atoms with van der Waals surface area (Å²) in [6.45, 7) is 7.77. The molecule has 28 heavy (non-hydrogen) atoms. The Morgan fingerprint density at radius 2 is 2.00 bits per heavy atom. The second-order valence-corrected chi connectivity index (χ2v) is 7.64. The molecule has 0 saturated heterocycles. The van der Waals surface area contributed by atoms with E-state index in [0.717, 1.165) is 28.1 Å². The number of benzene rings is 1. The van der Waals surface area contributed by atoms with E-state index < -0.39 is 0 Å². The van der Waals surface area contributed by atoms with Gasteiger partial charge in [0.2, 0.25) is 0 Å². The molecule has 0 radical (unpaired) electrons. The zero-order chi connectivity index (χ0) is 19.7. The van der Waals surface area contributed by atoms with Crippen LogP contribution in [0.1, 0.15) is 28.8 Å². The SMILES string of the molecule is CCn1ccc(C(=O)N(CCn2nc(C)cc2C)c2nc3ccccc3s2)n1. The molecule has 0 aliphatic heterocycles. The molecule has 0 fully saturated rings.